The van der Waals surface area contributed by atoms with Crippen LogP contribution in [0.15, 0.2) is 28.9 Å². The normalized spacial score (nSPS) is 14.9. The van der Waals surface area contributed by atoms with E-state index in [2.05, 4.69) is 24.7 Å². The SMILES string of the molecule is FC(F)(F)Cn1nc(COc2cc(-c3noc(C(F)(F)F)n3)ccn2)cc1C1CC1. The van der Waals surface area contributed by atoms with Crippen molar-refractivity contribution in [3.63, 3.8) is 0 Å². The second-order valence-corrected chi connectivity index (χ2v) is 6.70. The molecule has 13 heteroatoms. The van der Waals surface area contributed by atoms with Crippen LogP contribution in [0.3, 0.4) is 0 Å². The Morgan fingerprint density at radius 3 is 2.53 bits per heavy atom. The predicted octanol–water partition coefficient (Wildman–Crippen LogP) is 4.37. The van der Waals surface area contributed by atoms with Gasteiger partial charge in [-0.2, -0.15) is 36.4 Å². The molecule has 1 fully saturated rings. The summed E-state index contributed by atoms with van der Waals surface area (Å²) in [4.78, 5) is 7.20. The largest absolute Gasteiger partial charge is 0.471 e. The molecule has 0 N–H and O–H groups in total. The van der Waals surface area contributed by atoms with Gasteiger partial charge in [0.25, 0.3) is 0 Å². The van der Waals surface area contributed by atoms with Crippen LogP contribution < -0.4 is 4.74 Å². The number of hydrogen-bond acceptors (Lipinski definition) is 6. The molecule has 3 aromatic rings. The van der Waals surface area contributed by atoms with Crippen molar-refractivity contribution in [1.29, 1.82) is 0 Å². The van der Waals surface area contributed by atoms with E-state index in [1.165, 1.54) is 18.3 Å². The molecule has 1 saturated carbocycles. The third kappa shape index (κ3) is 4.71. The van der Waals surface area contributed by atoms with Crippen molar-refractivity contribution in [2.24, 2.45) is 0 Å². The van der Waals surface area contributed by atoms with E-state index >= 15 is 0 Å². The second kappa shape index (κ2) is 7.29. The highest BCUT2D eigenvalue weighted by Gasteiger charge is 2.38. The van der Waals surface area contributed by atoms with Crippen LogP contribution in [0.1, 0.15) is 36.0 Å². The van der Waals surface area contributed by atoms with Gasteiger partial charge in [0.1, 0.15) is 18.8 Å². The van der Waals surface area contributed by atoms with Crippen molar-refractivity contribution < 1.29 is 35.6 Å². The van der Waals surface area contributed by atoms with Crippen LogP contribution in [0, 0.1) is 0 Å². The fourth-order valence-corrected chi connectivity index (χ4v) is 2.79. The molecule has 3 aromatic heterocycles. The van der Waals surface area contributed by atoms with Crippen molar-refractivity contribution in [2.75, 3.05) is 0 Å². The summed E-state index contributed by atoms with van der Waals surface area (Å²) in [5.41, 5.74) is 0.951. The zero-order chi connectivity index (χ0) is 21.5. The minimum Gasteiger partial charge on any atom is -0.471 e. The lowest BCUT2D eigenvalue weighted by Gasteiger charge is -2.09. The zero-order valence-corrected chi connectivity index (χ0v) is 15.0. The Labute approximate surface area is 164 Å². The van der Waals surface area contributed by atoms with Gasteiger partial charge in [0.2, 0.25) is 11.7 Å². The predicted molar refractivity (Wildman–Crippen MR) is 87.1 cm³/mol. The highest BCUT2D eigenvalue weighted by Crippen LogP contribution is 2.41. The number of pyridine rings is 1. The Morgan fingerprint density at radius 1 is 1.13 bits per heavy atom. The molecular weight excluding hydrogens is 420 g/mol. The van der Waals surface area contributed by atoms with Gasteiger partial charge in [-0.25, -0.2) is 4.98 Å². The molecule has 0 unspecified atom stereocenters. The van der Waals surface area contributed by atoms with Gasteiger partial charge in [-0.15, -0.1) is 0 Å². The number of rotatable bonds is 6. The van der Waals surface area contributed by atoms with Crippen molar-refractivity contribution >= 4 is 0 Å². The maximum absolute atomic E-state index is 12.8. The molecule has 1 aliphatic carbocycles. The second-order valence-electron chi connectivity index (χ2n) is 6.70. The molecule has 0 aromatic carbocycles. The average Bonchev–Trinajstić information content (AvgIpc) is 3.21. The number of ether oxygens (including phenoxy) is 1. The fraction of sp³-hybridized carbons (Fsp3) is 0.412. The molecule has 30 heavy (non-hydrogen) atoms. The van der Waals surface area contributed by atoms with Gasteiger partial charge in [0, 0.05) is 29.4 Å². The highest BCUT2D eigenvalue weighted by molar-refractivity contribution is 5.55. The summed E-state index contributed by atoms with van der Waals surface area (Å²) < 4.78 is 86.6. The first kappa shape index (κ1) is 20.2. The lowest BCUT2D eigenvalue weighted by molar-refractivity contribution is -0.159. The molecule has 160 valence electrons. The summed E-state index contributed by atoms with van der Waals surface area (Å²) in [6, 6.07) is 4.21. The molecule has 4 rings (SSSR count). The molecule has 1 aliphatic rings. The summed E-state index contributed by atoms with van der Waals surface area (Å²) in [5.74, 6) is -1.72. The average molecular weight is 433 g/mol. The van der Waals surface area contributed by atoms with Gasteiger partial charge < -0.3 is 9.26 Å². The van der Waals surface area contributed by atoms with E-state index in [4.69, 9.17) is 4.74 Å². The standard InChI is InChI=1S/C17H13F6N5O2/c18-16(19,20)8-28-12(9-1-2-9)6-11(26-28)7-29-13-5-10(3-4-24-13)14-25-15(30-27-14)17(21,22)23/h3-6,9H,1-2,7-8H2. The molecular formula is C17H13F6N5O2. The van der Waals surface area contributed by atoms with E-state index in [0.29, 0.717) is 5.69 Å². The number of aromatic nitrogens is 5. The van der Waals surface area contributed by atoms with Gasteiger partial charge in [0.05, 0.1) is 0 Å². The van der Waals surface area contributed by atoms with Gasteiger partial charge in [0.15, 0.2) is 0 Å². The molecule has 0 radical (unpaired) electrons. The first-order valence-electron chi connectivity index (χ1n) is 8.72. The Bertz CT molecular complexity index is 1040. The molecule has 0 spiro atoms. The fourth-order valence-electron chi connectivity index (χ4n) is 2.79. The molecule has 0 saturated heterocycles. The quantitative estimate of drug-likeness (QED) is 0.538. The van der Waals surface area contributed by atoms with Gasteiger partial charge in [-0.3, -0.25) is 4.68 Å². The van der Waals surface area contributed by atoms with E-state index in [1.54, 1.807) is 6.07 Å². The van der Waals surface area contributed by atoms with E-state index in [0.717, 1.165) is 17.5 Å². The Kier molecular flexibility index (Phi) is 4.90. The van der Waals surface area contributed by atoms with Crippen LogP contribution in [-0.2, 0) is 19.3 Å². The third-order valence-corrected chi connectivity index (χ3v) is 4.22. The number of hydrogen-bond donors (Lipinski definition) is 0. The zero-order valence-electron chi connectivity index (χ0n) is 15.0. The molecule has 0 bridgehead atoms. The van der Waals surface area contributed by atoms with Gasteiger partial charge in [-0.05, 0) is 25.0 Å². The van der Waals surface area contributed by atoms with Crippen molar-refractivity contribution in [3.8, 4) is 17.3 Å². The number of alkyl halides is 6. The Morgan fingerprint density at radius 2 is 1.90 bits per heavy atom. The lowest BCUT2D eigenvalue weighted by atomic mass is 10.2. The van der Waals surface area contributed by atoms with E-state index in [-0.39, 0.29) is 35.5 Å². The molecule has 3 heterocycles. The summed E-state index contributed by atoms with van der Waals surface area (Å²) in [6.07, 6.45) is -6.29. The first-order valence-corrected chi connectivity index (χ1v) is 8.72. The van der Waals surface area contributed by atoms with Crippen LogP contribution in [0.2, 0.25) is 0 Å². The summed E-state index contributed by atoms with van der Waals surface area (Å²) in [5, 5.41) is 7.24. The maximum Gasteiger partial charge on any atom is 0.471 e. The van der Waals surface area contributed by atoms with Crippen LogP contribution in [0.5, 0.6) is 5.88 Å². The van der Waals surface area contributed by atoms with E-state index in [9.17, 15) is 26.3 Å². The monoisotopic (exact) mass is 433 g/mol. The minimum atomic E-state index is -4.77. The molecule has 7 nitrogen and oxygen atoms in total. The van der Waals surface area contributed by atoms with Crippen LogP contribution >= 0.6 is 0 Å². The molecule has 0 amide bonds. The Hall–Kier alpha value is -3.12. The Balaban J connectivity index is 1.48. The smallest absolute Gasteiger partial charge is 0.471 e. The third-order valence-electron chi connectivity index (χ3n) is 4.22. The summed E-state index contributed by atoms with van der Waals surface area (Å²) in [6.45, 7) is -1.35. The van der Waals surface area contributed by atoms with Crippen LogP contribution in [-0.4, -0.2) is 31.1 Å². The van der Waals surface area contributed by atoms with Crippen molar-refractivity contribution in [1.82, 2.24) is 24.9 Å². The molecule has 0 aliphatic heterocycles. The maximum atomic E-state index is 12.8. The van der Waals surface area contributed by atoms with Gasteiger partial charge in [-0.1, -0.05) is 5.16 Å². The van der Waals surface area contributed by atoms with E-state index < -0.39 is 24.8 Å². The lowest BCUT2D eigenvalue weighted by Crippen LogP contribution is -2.20. The van der Waals surface area contributed by atoms with E-state index in [1.807, 2.05) is 0 Å². The van der Waals surface area contributed by atoms with Crippen LogP contribution in [0.4, 0.5) is 26.3 Å². The minimum absolute atomic E-state index is 0.0178. The van der Waals surface area contributed by atoms with Crippen molar-refractivity contribution in [3.05, 3.63) is 41.7 Å². The highest BCUT2D eigenvalue weighted by atomic mass is 19.4. The van der Waals surface area contributed by atoms with Gasteiger partial charge >= 0.3 is 18.2 Å². The van der Waals surface area contributed by atoms with Crippen LogP contribution in [0.25, 0.3) is 11.4 Å². The summed E-state index contributed by atoms with van der Waals surface area (Å²) >= 11 is 0. The van der Waals surface area contributed by atoms with Crippen molar-refractivity contribution in [2.45, 2.75) is 44.3 Å². The topological polar surface area (TPSA) is 78.9 Å². The first-order chi connectivity index (χ1) is 14.1. The summed E-state index contributed by atoms with van der Waals surface area (Å²) in [7, 11) is 0. The number of nitrogens with zero attached hydrogens (tertiary/aromatic N) is 5. The molecule has 0 atom stereocenters. The number of halogens is 6.